The van der Waals surface area contributed by atoms with E-state index in [1.165, 1.54) is 6.42 Å². The summed E-state index contributed by atoms with van der Waals surface area (Å²) in [5.74, 6) is 0.674. The fourth-order valence-electron chi connectivity index (χ4n) is 1.90. The van der Waals surface area contributed by atoms with Crippen molar-refractivity contribution in [1.82, 2.24) is 0 Å². The van der Waals surface area contributed by atoms with Gasteiger partial charge in [0.1, 0.15) is 0 Å². The van der Waals surface area contributed by atoms with Gasteiger partial charge in [0.05, 0.1) is 18.8 Å². The lowest BCUT2D eigenvalue weighted by Crippen LogP contribution is -2.21. The van der Waals surface area contributed by atoms with Crippen molar-refractivity contribution in [3.05, 3.63) is 0 Å². The molecular weight excluding hydrogens is 128 g/mol. The predicted octanol–water partition coefficient (Wildman–Crippen LogP) is 1.20. The largest absolute Gasteiger partial charge is 0.375 e. The van der Waals surface area contributed by atoms with Gasteiger partial charge in [0, 0.05) is 12.5 Å². The molecule has 0 aliphatic carbocycles. The van der Waals surface area contributed by atoms with Gasteiger partial charge in [-0.25, -0.2) is 0 Å². The monoisotopic (exact) mass is 142 g/mol. The Hall–Kier alpha value is -0.0800. The Bertz CT molecular complexity index is 124. The van der Waals surface area contributed by atoms with Crippen molar-refractivity contribution < 1.29 is 9.47 Å². The molecule has 0 aromatic heterocycles. The van der Waals surface area contributed by atoms with Crippen LogP contribution in [-0.2, 0) is 9.47 Å². The molecular formula is C8H14O2. The maximum Gasteiger partial charge on any atom is 0.0887 e. The first kappa shape index (κ1) is 6.62. The van der Waals surface area contributed by atoms with E-state index in [-0.39, 0.29) is 0 Å². The van der Waals surface area contributed by atoms with E-state index in [0.29, 0.717) is 18.1 Å². The van der Waals surface area contributed by atoms with Crippen molar-refractivity contribution >= 4 is 0 Å². The lowest BCUT2D eigenvalue weighted by Gasteiger charge is -2.12. The highest BCUT2D eigenvalue weighted by Crippen LogP contribution is 2.32. The zero-order chi connectivity index (χ0) is 6.97. The smallest absolute Gasteiger partial charge is 0.0887 e. The highest BCUT2D eigenvalue weighted by atomic mass is 16.6. The molecule has 0 bridgehead atoms. The van der Waals surface area contributed by atoms with E-state index in [1.54, 1.807) is 0 Å². The summed E-state index contributed by atoms with van der Waals surface area (Å²) < 4.78 is 11.1. The standard InChI is InChI=1S/C8H14O2/c1-2-6-5-10-7-3-4-9-8(6)7/h6-8H,2-5H2,1H3/t6-,7+,8+/m1/s1. The second-order valence-electron chi connectivity index (χ2n) is 3.16. The van der Waals surface area contributed by atoms with Crippen molar-refractivity contribution in [2.45, 2.75) is 32.0 Å². The predicted molar refractivity (Wildman–Crippen MR) is 37.9 cm³/mol. The number of hydrogen-bond donors (Lipinski definition) is 0. The first-order chi connectivity index (χ1) is 4.92. The molecule has 0 amide bonds. The summed E-state index contributed by atoms with van der Waals surface area (Å²) in [5, 5.41) is 0. The lowest BCUT2D eigenvalue weighted by atomic mass is 10.00. The molecule has 2 fully saturated rings. The SMILES string of the molecule is CC[C@@H]1CO[C@H]2CCO[C@@H]12. The molecule has 2 nitrogen and oxygen atoms in total. The molecule has 2 saturated heterocycles. The average molecular weight is 142 g/mol. The minimum atomic E-state index is 0.435. The topological polar surface area (TPSA) is 18.5 Å². The summed E-state index contributed by atoms with van der Waals surface area (Å²) >= 11 is 0. The van der Waals surface area contributed by atoms with E-state index >= 15 is 0 Å². The minimum absolute atomic E-state index is 0.435. The van der Waals surface area contributed by atoms with E-state index in [0.717, 1.165) is 19.6 Å². The van der Waals surface area contributed by atoms with Crippen LogP contribution in [0.5, 0.6) is 0 Å². The Morgan fingerprint density at radius 2 is 2.30 bits per heavy atom. The van der Waals surface area contributed by atoms with Gasteiger partial charge in [-0.05, 0) is 12.8 Å². The Morgan fingerprint density at radius 1 is 1.40 bits per heavy atom. The molecule has 0 aromatic rings. The molecule has 0 saturated carbocycles. The molecule has 0 N–H and O–H groups in total. The molecule has 0 radical (unpaired) electrons. The molecule has 3 atom stereocenters. The molecule has 0 spiro atoms. The molecule has 10 heavy (non-hydrogen) atoms. The average Bonchev–Trinajstić information content (AvgIpc) is 2.44. The summed E-state index contributed by atoms with van der Waals surface area (Å²) in [7, 11) is 0. The Balaban J connectivity index is 2.01. The summed E-state index contributed by atoms with van der Waals surface area (Å²) in [6.45, 7) is 4.04. The summed E-state index contributed by atoms with van der Waals surface area (Å²) in [4.78, 5) is 0. The van der Waals surface area contributed by atoms with Gasteiger partial charge in [0.15, 0.2) is 0 Å². The second-order valence-corrected chi connectivity index (χ2v) is 3.16. The summed E-state index contributed by atoms with van der Waals surface area (Å²) in [6.07, 6.45) is 3.18. The molecule has 0 aromatic carbocycles. The van der Waals surface area contributed by atoms with Crippen molar-refractivity contribution in [2.24, 2.45) is 5.92 Å². The highest BCUT2D eigenvalue weighted by molar-refractivity contribution is 4.87. The van der Waals surface area contributed by atoms with E-state index in [2.05, 4.69) is 6.92 Å². The van der Waals surface area contributed by atoms with Crippen molar-refractivity contribution in [1.29, 1.82) is 0 Å². The number of hydrogen-bond acceptors (Lipinski definition) is 2. The quantitative estimate of drug-likeness (QED) is 0.547. The van der Waals surface area contributed by atoms with E-state index in [1.807, 2.05) is 0 Å². The van der Waals surface area contributed by atoms with Gasteiger partial charge in [-0.1, -0.05) is 6.92 Å². The first-order valence-corrected chi connectivity index (χ1v) is 4.15. The first-order valence-electron chi connectivity index (χ1n) is 4.15. The van der Waals surface area contributed by atoms with Gasteiger partial charge in [0.2, 0.25) is 0 Å². The molecule has 2 aliphatic heterocycles. The lowest BCUT2D eigenvalue weighted by molar-refractivity contribution is 0.0630. The van der Waals surface area contributed by atoms with Gasteiger partial charge < -0.3 is 9.47 Å². The van der Waals surface area contributed by atoms with Crippen LogP contribution in [0.15, 0.2) is 0 Å². The minimum Gasteiger partial charge on any atom is -0.375 e. The van der Waals surface area contributed by atoms with Crippen LogP contribution >= 0.6 is 0 Å². The second kappa shape index (κ2) is 2.51. The van der Waals surface area contributed by atoms with Crippen LogP contribution in [-0.4, -0.2) is 25.4 Å². The molecule has 58 valence electrons. The van der Waals surface area contributed by atoms with Crippen molar-refractivity contribution in [3.63, 3.8) is 0 Å². The van der Waals surface area contributed by atoms with Crippen LogP contribution < -0.4 is 0 Å². The van der Waals surface area contributed by atoms with Crippen LogP contribution in [0.25, 0.3) is 0 Å². The number of fused-ring (bicyclic) bond motifs is 1. The van der Waals surface area contributed by atoms with E-state index in [9.17, 15) is 0 Å². The van der Waals surface area contributed by atoms with E-state index in [4.69, 9.17) is 9.47 Å². The maximum atomic E-state index is 5.56. The van der Waals surface area contributed by atoms with Crippen LogP contribution in [0.3, 0.4) is 0 Å². The summed E-state index contributed by atoms with van der Waals surface area (Å²) in [5.41, 5.74) is 0. The third kappa shape index (κ3) is 0.867. The van der Waals surface area contributed by atoms with Crippen molar-refractivity contribution in [2.75, 3.05) is 13.2 Å². The van der Waals surface area contributed by atoms with Gasteiger partial charge in [-0.3, -0.25) is 0 Å². The third-order valence-electron chi connectivity index (χ3n) is 2.59. The van der Waals surface area contributed by atoms with Crippen LogP contribution in [0, 0.1) is 5.92 Å². The fraction of sp³-hybridized carbons (Fsp3) is 1.00. The zero-order valence-corrected chi connectivity index (χ0v) is 6.38. The van der Waals surface area contributed by atoms with Gasteiger partial charge >= 0.3 is 0 Å². The fourth-order valence-corrected chi connectivity index (χ4v) is 1.90. The molecule has 0 unspecified atom stereocenters. The van der Waals surface area contributed by atoms with Crippen molar-refractivity contribution in [3.8, 4) is 0 Å². The van der Waals surface area contributed by atoms with Crippen LogP contribution in [0.1, 0.15) is 19.8 Å². The molecule has 2 heterocycles. The van der Waals surface area contributed by atoms with E-state index < -0.39 is 0 Å². The third-order valence-corrected chi connectivity index (χ3v) is 2.59. The van der Waals surface area contributed by atoms with Crippen LogP contribution in [0.4, 0.5) is 0 Å². The molecule has 2 aliphatic rings. The zero-order valence-electron chi connectivity index (χ0n) is 6.38. The Labute approximate surface area is 61.5 Å². The molecule has 2 heteroatoms. The molecule has 2 rings (SSSR count). The maximum absolute atomic E-state index is 5.56. The van der Waals surface area contributed by atoms with Gasteiger partial charge in [0.25, 0.3) is 0 Å². The normalized spacial score (nSPS) is 45.9. The van der Waals surface area contributed by atoms with Gasteiger partial charge in [-0.15, -0.1) is 0 Å². The number of rotatable bonds is 1. The van der Waals surface area contributed by atoms with Gasteiger partial charge in [-0.2, -0.15) is 0 Å². The number of ether oxygens (including phenoxy) is 2. The van der Waals surface area contributed by atoms with Crippen LogP contribution in [0.2, 0.25) is 0 Å². The highest BCUT2D eigenvalue weighted by Gasteiger charge is 2.40. The Morgan fingerprint density at radius 3 is 3.10 bits per heavy atom. The Kier molecular flexibility index (Phi) is 1.66. The summed E-state index contributed by atoms with van der Waals surface area (Å²) in [6, 6.07) is 0.